The fourth-order valence-electron chi connectivity index (χ4n) is 4.08. The largest absolute Gasteiger partial charge is 0.491 e. The maximum atomic E-state index is 10.5. The predicted octanol–water partition coefficient (Wildman–Crippen LogP) is 3.28. The second kappa shape index (κ2) is 13.5. The van der Waals surface area contributed by atoms with Gasteiger partial charge in [-0.15, -0.1) is 0 Å². The Balaban J connectivity index is 1.47. The van der Waals surface area contributed by atoms with E-state index in [1.807, 2.05) is 45.2 Å². The molecule has 1 N–H and O–H groups in total. The monoisotopic (exact) mass is 472 g/mol. The van der Waals surface area contributed by atoms with Crippen molar-refractivity contribution in [2.24, 2.45) is 0 Å². The minimum atomic E-state index is -0.583. The summed E-state index contributed by atoms with van der Waals surface area (Å²) in [6.07, 6.45) is -0.583. The highest BCUT2D eigenvalue weighted by molar-refractivity contribution is 5.43. The molecule has 1 aliphatic heterocycles. The zero-order valence-electron chi connectivity index (χ0n) is 21.1. The molecule has 0 aromatic heterocycles. The van der Waals surface area contributed by atoms with Gasteiger partial charge >= 0.3 is 0 Å². The molecule has 0 aliphatic carbocycles. The molecule has 7 heteroatoms. The molecule has 0 bridgehead atoms. The van der Waals surface area contributed by atoms with E-state index in [1.54, 1.807) is 0 Å². The van der Waals surface area contributed by atoms with Crippen LogP contribution in [0.2, 0.25) is 0 Å². The molecular formula is C27H40N2O5. The summed E-state index contributed by atoms with van der Waals surface area (Å²) in [5.74, 6) is 2.34. The van der Waals surface area contributed by atoms with Gasteiger partial charge in [0.1, 0.15) is 25.1 Å². The number of morpholine rings is 1. The van der Waals surface area contributed by atoms with Gasteiger partial charge in [-0.2, -0.15) is 0 Å². The van der Waals surface area contributed by atoms with Crippen LogP contribution >= 0.6 is 0 Å². The Morgan fingerprint density at radius 3 is 2.50 bits per heavy atom. The van der Waals surface area contributed by atoms with Crippen molar-refractivity contribution < 1.29 is 24.1 Å². The van der Waals surface area contributed by atoms with Gasteiger partial charge < -0.3 is 24.1 Å². The van der Waals surface area contributed by atoms with Gasteiger partial charge in [0.05, 0.1) is 19.8 Å². The SMILES string of the molecule is CCOc1cc(CN(C)C[C@@H](O)COc2ccc(C)cc2C)ccc1OCCN1CCOCC1. The smallest absolute Gasteiger partial charge is 0.161 e. The lowest BCUT2D eigenvalue weighted by atomic mass is 10.1. The predicted molar refractivity (Wildman–Crippen MR) is 134 cm³/mol. The number of aliphatic hydroxyl groups is 1. The van der Waals surface area contributed by atoms with Gasteiger partial charge in [0.25, 0.3) is 0 Å². The zero-order chi connectivity index (χ0) is 24.3. The molecule has 1 fully saturated rings. The Labute approximate surface area is 204 Å². The topological polar surface area (TPSA) is 63.6 Å². The van der Waals surface area contributed by atoms with E-state index in [-0.39, 0.29) is 6.61 Å². The molecule has 0 amide bonds. The third-order valence-electron chi connectivity index (χ3n) is 5.81. The van der Waals surface area contributed by atoms with E-state index in [1.165, 1.54) is 5.56 Å². The number of nitrogens with zero attached hydrogens (tertiary/aromatic N) is 2. The van der Waals surface area contributed by atoms with Crippen LogP contribution in [0.4, 0.5) is 0 Å². The van der Waals surface area contributed by atoms with Crippen molar-refractivity contribution in [3.05, 3.63) is 53.1 Å². The van der Waals surface area contributed by atoms with Gasteiger partial charge in [0.2, 0.25) is 0 Å². The Bertz CT molecular complexity index is 885. The molecule has 1 atom stereocenters. The molecule has 2 aromatic carbocycles. The summed E-state index contributed by atoms with van der Waals surface area (Å²) in [5, 5.41) is 10.5. The van der Waals surface area contributed by atoms with Crippen LogP contribution in [0.15, 0.2) is 36.4 Å². The number of aryl methyl sites for hydroxylation is 2. The van der Waals surface area contributed by atoms with E-state index in [9.17, 15) is 5.11 Å². The van der Waals surface area contributed by atoms with Crippen molar-refractivity contribution in [1.82, 2.24) is 9.80 Å². The summed E-state index contributed by atoms with van der Waals surface area (Å²) >= 11 is 0. The van der Waals surface area contributed by atoms with Crippen LogP contribution in [-0.4, -0.2) is 87.3 Å². The van der Waals surface area contributed by atoms with E-state index < -0.39 is 6.10 Å². The molecule has 1 aliphatic rings. The van der Waals surface area contributed by atoms with E-state index in [2.05, 4.69) is 28.9 Å². The summed E-state index contributed by atoms with van der Waals surface area (Å²) in [6, 6.07) is 12.1. The molecule has 0 spiro atoms. The molecule has 0 radical (unpaired) electrons. The molecule has 34 heavy (non-hydrogen) atoms. The molecule has 2 aromatic rings. The van der Waals surface area contributed by atoms with Crippen molar-refractivity contribution in [2.75, 3.05) is 66.3 Å². The minimum Gasteiger partial charge on any atom is -0.491 e. The first kappa shape index (κ1) is 26.3. The molecule has 1 heterocycles. The van der Waals surface area contributed by atoms with E-state index in [0.717, 1.165) is 61.2 Å². The van der Waals surface area contributed by atoms with Crippen LogP contribution in [-0.2, 0) is 11.3 Å². The van der Waals surface area contributed by atoms with Gasteiger partial charge in [-0.25, -0.2) is 0 Å². The van der Waals surface area contributed by atoms with Crippen LogP contribution < -0.4 is 14.2 Å². The molecule has 1 saturated heterocycles. The molecule has 7 nitrogen and oxygen atoms in total. The second-order valence-electron chi connectivity index (χ2n) is 8.95. The van der Waals surface area contributed by atoms with Crippen LogP contribution in [0.25, 0.3) is 0 Å². The van der Waals surface area contributed by atoms with Gasteiger partial charge in [-0.3, -0.25) is 9.80 Å². The number of rotatable bonds is 13. The van der Waals surface area contributed by atoms with Gasteiger partial charge in [0, 0.05) is 32.7 Å². The summed E-state index contributed by atoms with van der Waals surface area (Å²) in [5.41, 5.74) is 3.38. The van der Waals surface area contributed by atoms with Crippen molar-refractivity contribution in [1.29, 1.82) is 0 Å². The zero-order valence-corrected chi connectivity index (χ0v) is 21.1. The third kappa shape index (κ3) is 8.47. The average molecular weight is 473 g/mol. The summed E-state index contributed by atoms with van der Waals surface area (Å²) < 4.78 is 23.1. The van der Waals surface area contributed by atoms with Gasteiger partial charge in [-0.1, -0.05) is 23.8 Å². The first-order valence-electron chi connectivity index (χ1n) is 12.2. The highest BCUT2D eigenvalue weighted by Crippen LogP contribution is 2.29. The van der Waals surface area contributed by atoms with E-state index in [4.69, 9.17) is 18.9 Å². The normalized spacial score (nSPS) is 15.4. The first-order chi connectivity index (χ1) is 16.4. The highest BCUT2D eigenvalue weighted by atomic mass is 16.5. The van der Waals surface area contributed by atoms with Crippen LogP contribution in [0.1, 0.15) is 23.6 Å². The lowest BCUT2D eigenvalue weighted by Gasteiger charge is -2.26. The molecule has 188 valence electrons. The summed E-state index contributed by atoms with van der Waals surface area (Å²) in [4.78, 5) is 4.43. The number of benzene rings is 2. The maximum absolute atomic E-state index is 10.5. The van der Waals surface area contributed by atoms with Crippen LogP contribution in [0.3, 0.4) is 0 Å². The molecule has 0 saturated carbocycles. The standard InChI is InChI=1S/C27H40N2O5/c1-5-32-27-17-23(7-9-26(27)33-15-12-29-10-13-31-14-11-29)18-28(4)19-24(30)20-34-25-8-6-21(2)16-22(25)3/h6-9,16-17,24,30H,5,10-15,18-20H2,1-4H3/t24-/m1/s1. The molecule has 0 unspecified atom stereocenters. The third-order valence-corrected chi connectivity index (χ3v) is 5.81. The lowest BCUT2D eigenvalue weighted by molar-refractivity contribution is 0.0320. The fraction of sp³-hybridized carbons (Fsp3) is 0.556. The second-order valence-corrected chi connectivity index (χ2v) is 8.95. The Kier molecular flexibility index (Phi) is 10.5. The Hall–Kier alpha value is -2.32. The van der Waals surface area contributed by atoms with Gasteiger partial charge in [-0.05, 0) is 57.1 Å². The number of hydrogen-bond acceptors (Lipinski definition) is 7. The Morgan fingerprint density at radius 1 is 1.00 bits per heavy atom. The summed E-state index contributed by atoms with van der Waals surface area (Å²) in [7, 11) is 1.99. The van der Waals surface area contributed by atoms with E-state index >= 15 is 0 Å². The van der Waals surface area contributed by atoms with Crippen molar-refractivity contribution in [3.63, 3.8) is 0 Å². The van der Waals surface area contributed by atoms with Crippen molar-refractivity contribution in [3.8, 4) is 17.2 Å². The molecular weight excluding hydrogens is 432 g/mol. The lowest BCUT2D eigenvalue weighted by Crippen LogP contribution is -2.38. The van der Waals surface area contributed by atoms with E-state index in [0.29, 0.717) is 26.3 Å². The number of aliphatic hydroxyl groups excluding tert-OH is 1. The average Bonchev–Trinajstić information content (AvgIpc) is 2.80. The van der Waals surface area contributed by atoms with Gasteiger partial charge in [0.15, 0.2) is 11.5 Å². The van der Waals surface area contributed by atoms with Crippen LogP contribution in [0.5, 0.6) is 17.2 Å². The number of likely N-dealkylation sites (N-methyl/N-ethyl adjacent to an activating group) is 1. The highest BCUT2D eigenvalue weighted by Gasteiger charge is 2.14. The Morgan fingerprint density at radius 2 is 1.76 bits per heavy atom. The number of hydrogen-bond donors (Lipinski definition) is 1. The minimum absolute atomic E-state index is 0.258. The number of ether oxygens (including phenoxy) is 4. The fourth-order valence-corrected chi connectivity index (χ4v) is 4.08. The van der Waals surface area contributed by atoms with Crippen LogP contribution in [0, 0.1) is 13.8 Å². The quantitative estimate of drug-likeness (QED) is 0.480. The van der Waals surface area contributed by atoms with Crippen molar-refractivity contribution in [2.45, 2.75) is 33.4 Å². The molecule has 3 rings (SSSR count). The summed E-state index contributed by atoms with van der Waals surface area (Å²) in [6.45, 7) is 13.1. The maximum Gasteiger partial charge on any atom is 0.161 e. The van der Waals surface area contributed by atoms with Crippen molar-refractivity contribution >= 4 is 0 Å². The first-order valence-corrected chi connectivity index (χ1v) is 12.2.